The van der Waals surface area contributed by atoms with Crippen LogP contribution in [0.15, 0.2) is 56.0 Å². The highest BCUT2D eigenvalue weighted by molar-refractivity contribution is 7.79. The van der Waals surface area contributed by atoms with Crippen LogP contribution in [0.2, 0.25) is 0 Å². The summed E-state index contributed by atoms with van der Waals surface area (Å²) in [6, 6.07) is 11.5. The van der Waals surface area contributed by atoms with E-state index in [9.17, 15) is 21.0 Å². The molecule has 22 heavy (non-hydrogen) atoms. The summed E-state index contributed by atoms with van der Waals surface area (Å²) in [5, 5.41) is 3.54. The summed E-state index contributed by atoms with van der Waals surface area (Å²) in [5.41, 5.74) is 0.0592. The van der Waals surface area contributed by atoms with Gasteiger partial charge in [-0.2, -0.15) is 4.20 Å². The first kappa shape index (κ1) is 15.7. The lowest BCUT2D eigenvalue weighted by Crippen LogP contribution is -1.91. The van der Waals surface area contributed by atoms with Crippen LogP contribution >= 0.6 is 23.3 Å². The Morgan fingerprint density at radius 1 is 0.727 bits per heavy atom. The lowest BCUT2D eigenvalue weighted by molar-refractivity contribution is 0.697. The number of anilines is 1. The molecule has 0 bridgehead atoms. The van der Waals surface area contributed by atoms with Crippen LogP contribution in [0, 0.1) is 0 Å². The summed E-state index contributed by atoms with van der Waals surface area (Å²) in [6.07, 6.45) is 0. The minimum absolute atomic E-state index is 0.0592. The minimum atomic E-state index is -5.70. The maximum absolute atomic E-state index is 14.4. The van der Waals surface area contributed by atoms with Gasteiger partial charge in [0.2, 0.25) is 0 Å². The summed E-state index contributed by atoms with van der Waals surface area (Å²) in [7, 11) is -16.3. The van der Waals surface area contributed by atoms with Crippen molar-refractivity contribution in [2.45, 2.75) is 0 Å². The van der Waals surface area contributed by atoms with Crippen molar-refractivity contribution in [2.75, 3.05) is 5.09 Å². The maximum Gasteiger partial charge on any atom is 0.424 e. The van der Waals surface area contributed by atoms with Crippen LogP contribution in [0.25, 0.3) is 10.8 Å². The Kier molecular flexibility index (Phi) is 3.71. The van der Waals surface area contributed by atoms with E-state index >= 15 is 0 Å². The number of hydrogen-bond acceptors (Lipinski definition) is 4. The van der Waals surface area contributed by atoms with Gasteiger partial charge in [0.1, 0.15) is 0 Å². The first-order valence-electron chi connectivity index (χ1n) is 5.83. The fraction of sp³-hybridized carbons (Fsp3) is 0. The number of benzene rings is 2. The summed E-state index contributed by atoms with van der Waals surface area (Å²) >= 11 is 0. The standard InChI is InChI=1S/C10H8F5N4P3/c11-20(12)17-21(13,14)19-22(15,18-20)16-10-6-5-8-3-1-2-4-9(8)7-10/h1-7,16H. The van der Waals surface area contributed by atoms with Gasteiger partial charge in [-0.05, 0) is 22.9 Å². The number of fused-ring (bicyclic) bond motifs is 1. The predicted molar refractivity (Wildman–Crippen MR) is 81.2 cm³/mol. The molecule has 1 atom stereocenters. The number of nitrogens with one attached hydrogen (secondary N) is 1. The van der Waals surface area contributed by atoms with E-state index in [1.165, 1.54) is 12.1 Å². The molecule has 118 valence electrons. The van der Waals surface area contributed by atoms with Gasteiger partial charge in [-0.25, -0.2) is 0 Å². The van der Waals surface area contributed by atoms with E-state index in [2.05, 4.69) is 9.03 Å². The van der Waals surface area contributed by atoms with Crippen molar-refractivity contribution in [3.8, 4) is 0 Å². The van der Waals surface area contributed by atoms with Gasteiger partial charge < -0.3 is 5.09 Å². The second-order valence-electron chi connectivity index (χ2n) is 4.38. The van der Waals surface area contributed by atoms with E-state index in [0.29, 0.717) is 5.39 Å². The zero-order valence-corrected chi connectivity index (χ0v) is 13.3. The summed E-state index contributed by atoms with van der Waals surface area (Å²) < 4.78 is 74.1. The summed E-state index contributed by atoms with van der Waals surface area (Å²) in [6.45, 7) is 0. The molecule has 1 unspecified atom stereocenters. The molecule has 2 aromatic rings. The lowest BCUT2D eigenvalue weighted by atomic mass is 10.1. The smallest absolute Gasteiger partial charge is 0.310 e. The summed E-state index contributed by atoms with van der Waals surface area (Å²) in [5.74, 6) is 0. The van der Waals surface area contributed by atoms with E-state index in [0.717, 1.165) is 5.39 Å². The highest BCUT2D eigenvalue weighted by Gasteiger charge is 2.39. The van der Waals surface area contributed by atoms with Gasteiger partial charge in [0, 0.05) is 5.69 Å². The third-order valence-corrected chi connectivity index (χ3v) is 8.57. The molecule has 12 heteroatoms. The van der Waals surface area contributed by atoms with Gasteiger partial charge >= 0.3 is 23.3 Å². The van der Waals surface area contributed by atoms with Gasteiger partial charge in [-0.15, -0.1) is 30.3 Å². The molecule has 0 saturated carbocycles. The van der Waals surface area contributed by atoms with Crippen molar-refractivity contribution in [3.05, 3.63) is 42.5 Å². The Morgan fingerprint density at radius 3 is 2.05 bits per heavy atom. The SMILES string of the molecule is FP1(F)=NP(F)(F)=NP(F)(Nc2ccc3ccccc3c2)=N1. The number of halogens is 5. The van der Waals surface area contributed by atoms with E-state index < -0.39 is 23.3 Å². The van der Waals surface area contributed by atoms with Gasteiger partial charge in [0.05, 0.1) is 0 Å². The van der Waals surface area contributed by atoms with Crippen LogP contribution in [0.5, 0.6) is 0 Å². The van der Waals surface area contributed by atoms with Crippen LogP contribution in [0.3, 0.4) is 0 Å². The largest absolute Gasteiger partial charge is 0.424 e. The van der Waals surface area contributed by atoms with E-state index in [4.69, 9.17) is 0 Å². The van der Waals surface area contributed by atoms with Crippen molar-refractivity contribution < 1.29 is 21.0 Å². The normalized spacial score (nSPS) is 25.7. The van der Waals surface area contributed by atoms with Gasteiger partial charge in [-0.1, -0.05) is 30.3 Å². The Labute approximate surface area is 122 Å². The van der Waals surface area contributed by atoms with Crippen molar-refractivity contribution in [1.29, 1.82) is 0 Å². The van der Waals surface area contributed by atoms with Crippen LogP contribution < -0.4 is 5.09 Å². The molecule has 0 aliphatic carbocycles. The van der Waals surface area contributed by atoms with E-state index in [1.54, 1.807) is 30.3 Å². The average molecular weight is 372 g/mol. The van der Waals surface area contributed by atoms with Crippen molar-refractivity contribution in [3.63, 3.8) is 0 Å². The molecule has 0 amide bonds. The van der Waals surface area contributed by atoms with Crippen LogP contribution in [0.4, 0.5) is 26.7 Å². The van der Waals surface area contributed by atoms with Crippen LogP contribution in [0.1, 0.15) is 0 Å². The lowest BCUT2D eigenvalue weighted by Gasteiger charge is -2.18. The second-order valence-corrected chi connectivity index (χ2v) is 9.62. The highest BCUT2D eigenvalue weighted by atomic mass is 31.3. The number of rotatable bonds is 2. The Bertz CT molecular complexity index is 908. The third-order valence-electron chi connectivity index (χ3n) is 2.69. The van der Waals surface area contributed by atoms with Gasteiger partial charge in [-0.3, -0.25) is 0 Å². The molecule has 2 aromatic carbocycles. The zero-order chi connectivity index (χ0) is 16.0. The molecular formula is C10H8F5N4P3. The third kappa shape index (κ3) is 3.43. The molecule has 0 spiro atoms. The predicted octanol–water partition coefficient (Wildman–Crippen LogP) is 7.95. The maximum atomic E-state index is 14.4. The molecular weight excluding hydrogens is 364 g/mol. The van der Waals surface area contributed by atoms with E-state index in [-0.39, 0.29) is 5.69 Å². The molecule has 1 aliphatic heterocycles. The second kappa shape index (κ2) is 5.19. The first-order chi connectivity index (χ1) is 10.2. The van der Waals surface area contributed by atoms with Gasteiger partial charge in [0.25, 0.3) is 0 Å². The highest BCUT2D eigenvalue weighted by Crippen LogP contribution is 2.81. The van der Waals surface area contributed by atoms with Crippen LogP contribution in [-0.4, -0.2) is 0 Å². The molecule has 0 fully saturated rings. The molecule has 0 radical (unpaired) electrons. The molecule has 4 nitrogen and oxygen atoms in total. The molecule has 3 rings (SSSR count). The average Bonchev–Trinajstić information content (AvgIpc) is 2.33. The van der Waals surface area contributed by atoms with Crippen LogP contribution in [-0.2, 0) is 0 Å². The molecule has 1 aliphatic rings. The Balaban J connectivity index is 2.06. The fourth-order valence-electron chi connectivity index (χ4n) is 1.94. The monoisotopic (exact) mass is 372 g/mol. The van der Waals surface area contributed by atoms with Crippen molar-refractivity contribution >= 4 is 39.8 Å². The molecule has 1 heterocycles. The van der Waals surface area contributed by atoms with Gasteiger partial charge in [0.15, 0.2) is 0 Å². The fourth-order valence-corrected chi connectivity index (χ4v) is 7.47. The molecule has 0 aromatic heterocycles. The van der Waals surface area contributed by atoms with E-state index in [1.807, 2.05) is 9.60 Å². The summed E-state index contributed by atoms with van der Waals surface area (Å²) in [4.78, 5) is 0. The van der Waals surface area contributed by atoms with Crippen molar-refractivity contribution in [1.82, 2.24) is 0 Å². The Hall–Kier alpha value is -1.16. The molecule has 0 saturated heterocycles. The molecule has 1 N–H and O–H groups in total. The quantitative estimate of drug-likeness (QED) is 0.422. The zero-order valence-electron chi connectivity index (χ0n) is 10.6. The Morgan fingerprint density at radius 2 is 1.36 bits per heavy atom. The minimum Gasteiger partial charge on any atom is -0.310 e. The topological polar surface area (TPSA) is 49.1 Å². The number of hydrogen-bond donors (Lipinski definition) is 1. The first-order valence-corrected chi connectivity index (χ1v) is 10.4. The number of nitrogens with zero attached hydrogens (tertiary/aromatic N) is 3. The van der Waals surface area contributed by atoms with Crippen molar-refractivity contribution in [2.24, 2.45) is 13.5 Å².